The van der Waals surface area contributed by atoms with Crippen molar-refractivity contribution >= 4 is 56.1 Å². The normalized spacial score (nSPS) is 14.5. The molecule has 204 valence electrons. The van der Waals surface area contributed by atoms with Gasteiger partial charge in [0.15, 0.2) is 15.7 Å². The summed E-state index contributed by atoms with van der Waals surface area (Å²) in [6.07, 6.45) is 1.18. The maximum atomic E-state index is 12.9. The van der Waals surface area contributed by atoms with Crippen LogP contribution in [0.3, 0.4) is 0 Å². The van der Waals surface area contributed by atoms with Crippen LogP contribution < -0.4 is 26.0 Å². The van der Waals surface area contributed by atoms with Gasteiger partial charge >= 0.3 is 0 Å². The van der Waals surface area contributed by atoms with Crippen LogP contribution in [0.5, 0.6) is 5.75 Å². The molecule has 1 fully saturated rings. The lowest BCUT2D eigenvalue weighted by Crippen LogP contribution is -2.35. The van der Waals surface area contributed by atoms with Gasteiger partial charge in [-0.15, -0.1) is 0 Å². The Bertz CT molecular complexity index is 1390. The van der Waals surface area contributed by atoms with Crippen LogP contribution in [-0.2, 0) is 9.84 Å². The largest absolute Gasteiger partial charge is 0.492 e. The number of nitrogens with one attached hydrogen (secondary N) is 2. The van der Waals surface area contributed by atoms with Crippen molar-refractivity contribution in [3.63, 3.8) is 0 Å². The molecule has 12 heteroatoms. The van der Waals surface area contributed by atoms with Gasteiger partial charge in [-0.3, -0.25) is 0 Å². The predicted molar refractivity (Wildman–Crippen MR) is 152 cm³/mol. The second kappa shape index (κ2) is 11.6. The molecule has 1 aliphatic heterocycles. The van der Waals surface area contributed by atoms with E-state index in [0.29, 0.717) is 23.7 Å². The number of piperidine rings is 1. The third-order valence-electron chi connectivity index (χ3n) is 6.29. The summed E-state index contributed by atoms with van der Waals surface area (Å²) in [7, 11) is -3.57. The fourth-order valence-electron chi connectivity index (χ4n) is 4.13. The van der Waals surface area contributed by atoms with Crippen LogP contribution in [0.2, 0.25) is 5.02 Å². The number of ether oxygens (including phenoxy) is 1. The molecule has 10 nitrogen and oxygen atoms in total. The third-order valence-corrected chi connectivity index (χ3v) is 8.87. The maximum absolute atomic E-state index is 12.9. The standard InChI is InChI=1S/C26H33ClN6O4S/c1-4-37-21-15-17(33-13-11-18(34)12-14-33)9-10-19(21)30-26-31-24(28)23(27)25(32-26)29-20-7-5-6-8-22(20)38(35,36)16(2)3/h5-10,15-16,18,34H,4,11-14H2,1-3H3,(H4,28,29,30,31,32). The molecule has 4 rings (SSSR count). The molecule has 0 atom stereocenters. The van der Waals surface area contributed by atoms with Crippen LogP contribution in [0, 0.1) is 0 Å². The Balaban J connectivity index is 1.64. The van der Waals surface area contributed by atoms with Gasteiger partial charge in [-0.2, -0.15) is 9.97 Å². The highest BCUT2D eigenvalue weighted by molar-refractivity contribution is 7.92. The van der Waals surface area contributed by atoms with Gasteiger partial charge in [0.1, 0.15) is 16.6 Å². The van der Waals surface area contributed by atoms with Crippen LogP contribution in [-0.4, -0.2) is 54.5 Å². The number of para-hydroxylation sites is 1. The lowest BCUT2D eigenvalue weighted by molar-refractivity contribution is 0.145. The van der Waals surface area contributed by atoms with Crippen molar-refractivity contribution < 1.29 is 18.3 Å². The maximum Gasteiger partial charge on any atom is 0.231 e. The van der Waals surface area contributed by atoms with Crippen LogP contribution in [0.15, 0.2) is 47.4 Å². The molecule has 0 aliphatic carbocycles. The van der Waals surface area contributed by atoms with Gasteiger partial charge in [0.25, 0.3) is 0 Å². The molecule has 38 heavy (non-hydrogen) atoms. The lowest BCUT2D eigenvalue weighted by Gasteiger charge is -2.32. The smallest absolute Gasteiger partial charge is 0.231 e. The summed E-state index contributed by atoms with van der Waals surface area (Å²) in [5.74, 6) is 0.955. The molecular weight excluding hydrogens is 528 g/mol. The van der Waals surface area contributed by atoms with Crippen LogP contribution in [0.4, 0.5) is 34.6 Å². The highest BCUT2D eigenvalue weighted by Gasteiger charge is 2.24. The van der Waals surface area contributed by atoms with Gasteiger partial charge in [-0.1, -0.05) is 23.7 Å². The first-order valence-electron chi connectivity index (χ1n) is 12.5. The number of nitrogens with two attached hydrogens (primary N) is 1. The molecule has 1 saturated heterocycles. The van der Waals surface area contributed by atoms with Crippen LogP contribution in [0.25, 0.3) is 0 Å². The Kier molecular flexibility index (Phi) is 8.49. The average molecular weight is 561 g/mol. The van der Waals surface area contributed by atoms with Gasteiger partial charge in [0.05, 0.1) is 34.2 Å². The van der Waals surface area contributed by atoms with E-state index < -0.39 is 15.1 Å². The number of aromatic nitrogens is 2. The fraction of sp³-hybridized carbons (Fsp3) is 0.385. The number of rotatable bonds is 9. The molecule has 2 aromatic carbocycles. The Labute approximate surface area is 228 Å². The zero-order valence-electron chi connectivity index (χ0n) is 21.6. The second-order valence-electron chi connectivity index (χ2n) is 9.27. The van der Waals surface area contributed by atoms with E-state index in [1.807, 2.05) is 25.1 Å². The Morgan fingerprint density at radius 2 is 1.84 bits per heavy atom. The van der Waals surface area contributed by atoms with E-state index in [2.05, 4.69) is 25.5 Å². The minimum Gasteiger partial charge on any atom is -0.492 e. The first kappa shape index (κ1) is 27.7. The van der Waals surface area contributed by atoms with Crippen molar-refractivity contribution in [1.29, 1.82) is 0 Å². The minimum absolute atomic E-state index is 0.0253. The topological polar surface area (TPSA) is 143 Å². The summed E-state index contributed by atoms with van der Waals surface area (Å²) in [5, 5.41) is 15.5. The van der Waals surface area contributed by atoms with Crippen molar-refractivity contribution in [2.45, 2.75) is 49.9 Å². The molecule has 1 aliphatic rings. The summed E-state index contributed by atoms with van der Waals surface area (Å²) >= 11 is 6.41. The van der Waals surface area contributed by atoms with Gasteiger partial charge in [0.2, 0.25) is 5.95 Å². The molecule has 0 amide bonds. The molecule has 2 heterocycles. The molecule has 0 saturated carbocycles. The second-order valence-corrected chi connectivity index (χ2v) is 12.1. The monoisotopic (exact) mass is 560 g/mol. The molecular formula is C26H33ClN6O4S. The van der Waals surface area contributed by atoms with Crippen molar-refractivity contribution in [3.8, 4) is 5.75 Å². The number of nitrogen functional groups attached to an aromatic ring is 1. The molecule has 0 bridgehead atoms. The van der Waals surface area contributed by atoms with Crippen molar-refractivity contribution in [2.24, 2.45) is 0 Å². The summed E-state index contributed by atoms with van der Waals surface area (Å²) in [6.45, 7) is 7.13. The quantitative estimate of drug-likeness (QED) is 0.289. The van der Waals surface area contributed by atoms with Crippen LogP contribution >= 0.6 is 11.6 Å². The van der Waals surface area contributed by atoms with Crippen molar-refractivity contribution in [2.75, 3.05) is 41.0 Å². The van der Waals surface area contributed by atoms with Gasteiger partial charge in [-0.05, 0) is 57.9 Å². The summed E-state index contributed by atoms with van der Waals surface area (Å²) in [4.78, 5) is 11.1. The molecule has 3 aromatic rings. The Hall–Kier alpha value is -3.28. The highest BCUT2D eigenvalue weighted by Crippen LogP contribution is 2.36. The Morgan fingerprint density at radius 1 is 1.13 bits per heavy atom. The zero-order chi connectivity index (χ0) is 27.4. The van der Waals surface area contributed by atoms with Gasteiger partial charge in [-0.25, -0.2) is 8.42 Å². The fourth-order valence-corrected chi connectivity index (χ4v) is 5.47. The number of aliphatic hydroxyl groups is 1. The molecule has 0 unspecified atom stereocenters. The minimum atomic E-state index is -3.57. The number of halogens is 1. The summed E-state index contributed by atoms with van der Waals surface area (Å²) in [5.41, 5.74) is 8.04. The SMILES string of the molecule is CCOc1cc(N2CCC(O)CC2)ccc1Nc1nc(N)c(Cl)c(Nc2ccccc2S(=O)(=O)C(C)C)n1. The summed E-state index contributed by atoms with van der Waals surface area (Å²) < 4.78 is 31.7. The number of aliphatic hydroxyl groups excluding tert-OH is 1. The summed E-state index contributed by atoms with van der Waals surface area (Å²) in [6, 6.07) is 12.3. The number of hydrogen-bond donors (Lipinski definition) is 4. The number of hydrogen-bond acceptors (Lipinski definition) is 10. The number of benzene rings is 2. The van der Waals surface area contributed by atoms with E-state index in [1.165, 1.54) is 6.07 Å². The molecule has 0 spiro atoms. The number of anilines is 6. The van der Waals surface area contributed by atoms with E-state index in [0.717, 1.165) is 31.6 Å². The Morgan fingerprint density at radius 3 is 2.53 bits per heavy atom. The van der Waals surface area contributed by atoms with Gasteiger partial charge in [0, 0.05) is 24.8 Å². The van der Waals surface area contributed by atoms with Gasteiger partial charge < -0.3 is 31.1 Å². The van der Waals surface area contributed by atoms with Crippen molar-refractivity contribution in [1.82, 2.24) is 9.97 Å². The molecule has 0 radical (unpaired) electrons. The molecule has 5 N–H and O–H groups in total. The first-order valence-corrected chi connectivity index (χ1v) is 14.4. The van der Waals surface area contributed by atoms with E-state index >= 15 is 0 Å². The molecule has 1 aromatic heterocycles. The third kappa shape index (κ3) is 6.06. The van der Waals surface area contributed by atoms with E-state index in [9.17, 15) is 13.5 Å². The zero-order valence-corrected chi connectivity index (χ0v) is 23.2. The number of nitrogens with zero attached hydrogens (tertiary/aromatic N) is 3. The van der Waals surface area contributed by atoms with Crippen molar-refractivity contribution in [3.05, 3.63) is 47.5 Å². The van der Waals surface area contributed by atoms with E-state index in [4.69, 9.17) is 22.1 Å². The number of sulfone groups is 1. The highest BCUT2D eigenvalue weighted by atomic mass is 35.5. The average Bonchev–Trinajstić information content (AvgIpc) is 2.89. The predicted octanol–water partition coefficient (Wildman–Crippen LogP) is 4.74. The lowest BCUT2D eigenvalue weighted by atomic mass is 10.1. The van der Waals surface area contributed by atoms with Crippen LogP contribution in [0.1, 0.15) is 33.6 Å². The van der Waals surface area contributed by atoms with E-state index in [-0.39, 0.29) is 33.6 Å². The first-order chi connectivity index (χ1) is 18.1. The van der Waals surface area contributed by atoms with E-state index in [1.54, 1.807) is 32.0 Å².